The van der Waals surface area contributed by atoms with E-state index in [1.165, 1.54) is 54.5 Å². The summed E-state index contributed by atoms with van der Waals surface area (Å²) in [4.78, 5) is 10.3. The number of allylic oxidation sites excluding steroid dienone is 2. The molecule has 0 aromatic heterocycles. The van der Waals surface area contributed by atoms with E-state index in [0.717, 1.165) is 6.42 Å². The van der Waals surface area contributed by atoms with Gasteiger partial charge < -0.3 is 4.74 Å². The van der Waals surface area contributed by atoms with Gasteiger partial charge in [-0.05, 0) is 42.2 Å². The first-order valence-corrected chi connectivity index (χ1v) is 11.2. The number of esters is 1. The highest BCUT2D eigenvalue weighted by molar-refractivity contribution is 5.88. The van der Waals surface area contributed by atoms with Gasteiger partial charge in [0.1, 0.15) is 0 Å². The van der Waals surface area contributed by atoms with Crippen LogP contribution in [0.3, 0.4) is 0 Å². The predicted octanol–water partition coefficient (Wildman–Crippen LogP) is 9.16. The standard InChI is InChI=1S/C12H12.C8H16O2.C4H6.C3H8.C2H4/c1-9-7-8-10(2)12-6-4-3-5-11(9)12;1-3-4-5-6-7-10-8(2)9;1-3-4-2;1-3-2;1-2/h3-8H,1-2H3;3-7H2,1-2H3;3-4H,1-2H2;3H2,1-2H3;1-2H2. The summed E-state index contributed by atoms with van der Waals surface area (Å²) in [6.07, 6.45) is 9.17. The van der Waals surface area contributed by atoms with Crippen LogP contribution in [0, 0.1) is 13.8 Å². The Bertz CT molecular complexity index is 654. The number of aryl methyl sites for hydroxylation is 2. The minimum Gasteiger partial charge on any atom is -0.466 e. The van der Waals surface area contributed by atoms with Crippen molar-refractivity contribution in [2.75, 3.05) is 6.61 Å². The molecule has 0 spiro atoms. The number of carbonyl (C=O) groups excluding carboxylic acids is 1. The zero-order chi connectivity index (χ0) is 24.5. The van der Waals surface area contributed by atoms with Gasteiger partial charge in [-0.1, -0.05) is 108 Å². The molecule has 0 fully saturated rings. The van der Waals surface area contributed by atoms with Crippen molar-refractivity contribution >= 4 is 16.7 Å². The molecule has 0 saturated heterocycles. The van der Waals surface area contributed by atoms with Crippen LogP contribution in [0.2, 0.25) is 0 Å². The largest absolute Gasteiger partial charge is 0.466 e. The summed E-state index contributed by atoms with van der Waals surface area (Å²) in [5.41, 5.74) is 2.72. The lowest BCUT2D eigenvalue weighted by atomic mass is 10.0. The number of ether oxygens (including phenoxy) is 1. The molecule has 0 bridgehead atoms. The van der Waals surface area contributed by atoms with Gasteiger partial charge in [-0.2, -0.15) is 0 Å². The van der Waals surface area contributed by atoms with Gasteiger partial charge in [-0.15, -0.1) is 13.2 Å². The zero-order valence-electron chi connectivity index (χ0n) is 21.0. The highest BCUT2D eigenvalue weighted by Gasteiger charge is 1.97. The second kappa shape index (κ2) is 25.4. The molecule has 0 aliphatic rings. The number of carbonyl (C=O) groups is 1. The summed E-state index contributed by atoms with van der Waals surface area (Å²) in [5, 5.41) is 2.75. The Morgan fingerprint density at radius 3 is 1.58 bits per heavy atom. The van der Waals surface area contributed by atoms with Gasteiger partial charge in [0.2, 0.25) is 0 Å². The second-order valence-corrected chi connectivity index (χ2v) is 6.82. The number of rotatable bonds is 6. The van der Waals surface area contributed by atoms with E-state index in [1.807, 2.05) is 0 Å². The Balaban J connectivity index is -0.000000372. The quantitative estimate of drug-likeness (QED) is 0.199. The van der Waals surface area contributed by atoms with Gasteiger partial charge in [0, 0.05) is 6.92 Å². The first-order chi connectivity index (χ1) is 14.9. The van der Waals surface area contributed by atoms with Crippen LogP contribution in [0.5, 0.6) is 0 Å². The average Bonchev–Trinajstić information content (AvgIpc) is 2.79. The summed E-state index contributed by atoms with van der Waals surface area (Å²) >= 11 is 0. The molecule has 0 unspecified atom stereocenters. The molecule has 0 atom stereocenters. The zero-order valence-corrected chi connectivity index (χ0v) is 21.0. The number of unbranched alkanes of at least 4 members (excludes halogenated alkanes) is 3. The summed E-state index contributed by atoms with van der Waals surface area (Å²) in [6.45, 7) is 25.5. The molecule has 2 nitrogen and oxygen atoms in total. The molecule has 0 aliphatic carbocycles. The number of benzene rings is 2. The van der Waals surface area contributed by atoms with E-state index < -0.39 is 0 Å². The Morgan fingerprint density at radius 1 is 0.839 bits per heavy atom. The van der Waals surface area contributed by atoms with Crippen LogP contribution >= 0.6 is 0 Å². The fourth-order valence-electron chi connectivity index (χ4n) is 2.35. The third-order valence-electron chi connectivity index (χ3n) is 3.83. The van der Waals surface area contributed by atoms with E-state index in [9.17, 15) is 4.79 Å². The Morgan fingerprint density at radius 2 is 1.26 bits per heavy atom. The molecule has 174 valence electrons. The molecule has 0 N–H and O–H groups in total. The van der Waals surface area contributed by atoms with Gasteiger partial charge in [0.15, 0.2) is 0 Å². The lowest BCUT2D eigenvalue weighted by Gasteiger charge is -2.03. The molecule has 2 aromatic carbocycles. The Hall–Kier alpha value is -2.61. The third-order valence-corrected chi connectivity index (χ3v) is 3.83. The fraction of sp³-hybridized carbons (Fsp3) is 0.414. The van der Waals surface area contributed by atoms with Crippen molar-refractivity contribution in [3.63, 3.8) is 0 Å². The lowest BCUT2D eigenvalue weighted by molar-refractivity contribution is -0.141. The average molecular weight is 427 g/mol. The van der Waals surface area contributed by atoms with Crippen LogP contribution in [0.1, 0.15) is 70.9 Å². The fourth-order valence-corrected chi connectivity index (χ4v) is 2.35. The summed E-state index contributed by atoms with van der Waals surface area (Å²) in [7, 11) is 0. The maximum Gasteiger partial charge on any atom is 0.302 e. The Kier molecular flexibility index (Phi) is 27.1. The van der Waals surface area contributed by atoms with E-state index in [0.29, 0.717) is 6.61 Å². The number of fused-ring (bicyclic) bond motifs is 1. The van der Waals surface area contributed by atoms with E-state index in [4.69, 9.17) is 4.74 Å². The van der Waals surface area contributed by atoms with Crippen LogP contribution in [0.4, 0.5) is 0 Å². The predicted molar refractivity (Wildman–Crippen MR) is 142 cm³/mol. The maximum atomic E-state index is 10.3. The molecule has 0 radical (unpaired) electrons. The van der Waals surface area contributed by atoms with E-state index >= 15 is 0 Å². The smallest absolute Gasteiger partial charge is 0.302 e. The molecule has 2 aromatic rings. The molecule has 2 heteroatoms. The second-order valence-electron chi connectivity index (χ2n) is 6.82. The van der Waals surface area contributed by atoms with Crippen LogP contribution in [-0.4, -0.2) is 12.6 Å². The molecule has 31 heavy (non-hydrogen) atoms. The lowest BCUT2D eigenvalue weighted by Crippen LogP contribution is -1.99. The van der Waals surface area contributed by atoms with E-state index in [1.54, 1.807) is 12.2 Å². The topological polar surface area (TPSA) is 26.3 Å². The minimum atomic E-state index is -0.170. The van der Waals surface area contributed by atoms with Crippen molar-refractivity contribution in [2.45, 2.75) is 73.6 Å². The van der Waals surface area contributed by atoms with Gasteiger partial charge in [0.25, 0.3) is 0 Å². The van der Waals surface area contributed by atoms with Crippen LogP contribution in [0.15, 0.2) is 74.9 Å². The van der Waals surface area contributed by atoms with Gasteiger partial charge in [0.05, 0.1) is 6.61 Å². The first-order valence-electron chi connectivity index (χ1n) is 11.2. The molecular weight excluding hydrogens is 380 g/mol. The summed E-state index contributed by atoms with van der Waals surface area (Å²) in [6, 6.07) is 12.9. The van der Waals surface area contributed by atoms with Crippen molar-refractivity contribution in [3.8, 4) is 0 Å². The monoisotopic (exact) mass is 426 g/mol. The van der Waals surface area contributed by atoms with Crippen molar-refractivity contribution in [2.24, 2.45) is 0 Å². The summed E-state index contributed by atoms with van der Waals surface area (Å²) < 4.78 is 4.75. The highest BCUT2D eigenvalue weighted by Crippen LogP contribution is 2.21. The van der Waals surface area contributed by atoms with Gasteiger partial charge >= 0.3 is 5.97 Å². The first kappa shape index (κ1) is 33.0. The van der Waals surface area contributed by atoms with Crippen molar-refractivity contribution in [3.05, 3.63) is 86.0 Å². The molecule has 2 rings (SSSR count). The molecule has 0 amide bonds. The Labute approximate surface area is 192 Å². The maximum absolute atomic E-state index is 10.3. The van der Waals surface area contributed by atoms with Gasteiger partial charge in [-0.25, -0.2) is 0 Å². The van der Waals surface area contributed by atoms with E-state index in [-0.39, 0.29) is 5.97 Å². The normalized spacial score (nSPS) is 8.45. The summed E-state index contributed by atoms with van der Waals surface area (Å²) in [5.74, 6) is -0.170. The van der Waals surface area contributed by atoms with E-state index in [2.05, 4.69) is 97.3 Å². The van der Waals surface area contributed by atoms with Crippen molar-refractivity contribution < 1.29 is 9.53 Å². The van der Waals surface area contributed by atoms with Crippen molar-refractivity contribution in [1.82, 2.24) is 0 Å². The molecular formula is C29H46O2. The number of hydrogen-bond acceptors (Lipinski definition) is 2. The van der Waals surface area contributed by atoms with Crippen molar-refractivity contribution in [1.29, 1.82) is 0 Å². The molecule has 0 heterocycles. The minimum absolute atomic E-state index is 0.170. The van der Waals surface area contributed by atoms with Crippen LogP contribution in [0.25, 0.3) is 10.8 Å². The van der Waals surface area contributed by atoms with Crippen LogP contribution < -0.4 is 0 Å². The van der Waals surface area contributed by atoms with Gasteiger partial charge in [-0.3, -0.25) is 4.79 Å². The SMILES string of the molecule is C=C.C=CC=C.CCC.CCCCCCOC(C)=O.Cc1ccc(C)c2ccccc12. The molecule has 0 aliphatic heterocycles. The molecule has 0 saturated carbocycles. The highest BCUT2D eigenvalue weighted by atomic mass is 16.5. The third kappa shape index (κ3) is 20.4. The van der Waals surface area contributed by atoms with Crippen LogP contribution in [-0.2, 0) is 9.53 Å². The number of hydrogen-bond donors (Lipinski definition) is 0.